The molecule has 12 heteroatoms. The molecule has 1 aliphatic heterocycles. The number of nitrogens with two attached hydrogens (primary N) is 2. The van der Waals surface area contributed by atoms with Gasteiger partial charge in [-0.05, 0) is 39.2 Å². The number of carbonyl (C=O) groups excluding carboxylic acids is 3. The second kappa shape index (κ2) is 11.7. The van der Waals surface area contributed by atoms with Crippen LogP contribution in [0.3, 0.4) is 0 Å². The molecule has 28 heavy (non-hydrogen) atoms. The lowest BCUT2D eigenvalue weighted by Gasteiger charge is -2.22. The highest BCUT2D eigenvalue weighted by atomic mass is 16.4. The van der Waals surface area contributed by atoms with Crippen LogP contribution in [0.1, 0.15) is 32.6 Å². The summed E-state index contributed by atoms with van der Waals surface area (Å²) >= 11 is 0. The summed E-state index contributed by atoms with van der Waals surface area (Å²) in [5, 5.41) is 19.0. The summed E-state index contributed by atoms with van der Waals surface area (Å²) in [4.78, 5) is 51.1. The van der Waals surface area contributed by atoms with E-state index in [-0.39, 0.29) is 30.9 Å². The van der Waals surface area contributed by atoms with Crippen molar-refractivity contribution >= 4 is 29.7 Å². The predicted molar refractivity (Wildman–Crippen MR) is 101 cm³/mol. The van der Waals surface area contributed by atoms with E-state index in [1.54, 1.807) is 0 Å². The Labute approximate surface area is 162 Å². The van der Waals surface area contributed by atoms with Crippen LogP contribution in [-0.4, -0.2) is 72.5 Å². The SMILES string of the molecule is CC(NC(=O)C(CCCN=C(N)N)NC(=O)C1CCCN1)C(=O)NCC(=O)O. The minimum absolute atomic E-state index is 0.0658. The standard InChI is InChI=1S/C16H29N7O5/c1-9(13(26)21-8-12(24)25)22-15(28)11(5-3-7-20-16(17)18)23-14(27)10-4-2-6-19-10/h9-11,19H,2-8H2,1H3,(H,21,26)(H,22,28)(H,23,27)(H,24,25)(H4,17,18,20). The van der Waals surface area contributed by atoms with Crippen LogP contribution in [0.5, 0.6) is 0 Å². The molecule has 1 fully saturated rings. The Bertz CT molecular complexity index is 600. The predicted octanol–water partition coefficient (Wildman–Crippen LogP) is -3.02. The van der Waals surface area contributed by atoms with E-state index in [1.165, 1.54) is 6.92 Å². The van der Waals surface area contributed by atoms with Crippen LogP contribution in [0.2, 0.25) is 0 Å². The van der Waals surface area contributed by atoms with Crippen molar-refractivity contribution < 1.29 is 24.3 Å². The molecule has 158 valence electrons. The number of aliphatic carboxylic acids is 1. The number of nitrogens with one attached hydrogen (secondary N) is 4. The van der Waals surface area contributed by atoms with Gasteiger partial charge in [0.05, 0.1) is 6.04 Å². The third-order valence-electron chi connectivity index (χ3n) is 4.12. The van der Waals surface area contributed by atoms with Crippen molar-refractivity contribution in [3.8, 4) is 0 Å². The molecule has 0 aromatic rings. The summed E-state index contributed by atoms with van der Waals surface area (Å²) in [5.41, 5.74) is 10.5. The van der Waals surface area contributed by atoms with Gasteiger partial charge in [0, 0.05) is 6.54 Å². The molecule has 0 bridgehead atoms. The molecule has 1 rings (SSSR count). The molecule has 0 saturated carbocycles. The van der Waals surface area contributed by atoms with Gasteiger partial charge in [-0.2, -0.15) is 0 Å². The monoisotopic (exact) mass is 399 g/mol. The largest absolute Gasteiger partial charge is 0.480 e. The van der Waals surface area contributed by atoms with E-state index in [2.05, 4.69) is 26.3 Å². The fourth-order valence-electron chi connectivity index (χ4n) is 2.65. The summed E-state index contributed by atoms with van der Waals surface area (Å²) < 4.78 is 0. The summed E-state index contributed by atoms with van der Waals surface area (Å²) in [5.74, 6) is -2.74. The first-order valence-corrected chi connectivity index (χ1v) is 9.09. The van der Waals surface area contributed by atoms with Crippen LogP contribution >= 0.6 is 0 Å². The van der Waals surface area contributed by atoms with Gasteiger partial charge in [0.1, 0.15) is 18.6 Å². The first-order valence-electron chi connectivity index (χ1n) is 9.09. The van der Waals surface area contributed by atoms with Crippen LogP contribution in [-0.2, 0) is 19.2 Å². The number of carbonyl (C=O) groups is 4. The lowest BCUT2D eigenvalue weighted by molar-refractivity contribution is -0.138. The maximum absolute atomic E-state index is 12.5. The third kappa shape index (κ3) is 8.66. The smallest absolute Gasteiger partial charge is 0.322 e. The van der Waals surface area contributed by atoms with E-state index in [9.17, 15) is 19.2 Å². The van der Waals surface area contributed by atoms with Gasteiger partial charge in [-0.15, -0.1) is 0 Å². The zero-order valence-electron chi connectivity index (χ0n) is 15.9. The minimum Gasteiger partial charge on any atom is -0.480 e. The van der Waals surface area contributed by atoms with Gasteiger partial charge in [-0.3, -0.25) is 24.2 Å². The molecule has 0 radical (unpaired) electrons. The van der Waals surface area contributed by atoms with Gasteiger partial charge in [-0.1, -0.05) is 0 Å². The summed E-state index contributed by atoms with van der Waals surface area (Å²) in [6.07, 6.45) is 2.26. The van der Waals surface area contributed by atoms with Crippen molar-refractivity contribution in [1.29, 1.82) is 0 Å². The van der Waals surface area contributed by atoms with E-state index in [1.807, 2.05) is 0 Å². The maximum Gasteiger partial charge on any atom is 0.322 e. The van der Waals surface area contributed by atoms with Gasteiger partial charge >= 0.3 is 5.97 Å². The lowest BCUT2D eigenvalue weighted by Crippen LogP contribution is -2.55. The van der Waals surface area contributed by atoms with E-state index >= 15 is 0 Å². The summed E-state index contributed by atoms with van der Waals surface area (Å²) in [6, 6.07) is -2.20. The number of aliphatic imine (C=N–C) groups is 1. The molecular formula is C16H29N7O5. The van der Waals surface area contributed by atoms with Crippen molar-refractivity contribution in [2.45, 2.75) is 50.7 Å². The second-order valence-corrected chi connectivity index (χ2v) is 6.50. The van der Waals surface area contributed by atoms with Crippen molar-refractivity contribution in [2.24, 2.45) is 16.5 Å². The van der Waals surface area contributed by atoms with Gasteiger partial charge < -0.3 is 37.8 Å². The molecule has 12 nitrogen and oxygen atoms in total. The number of hydrogen-bond donors (Lipinski definition) is 7. The maximum atomic E-state index is 12.5. The average molecular weight is 399 g/mol. The zero-order chi connectivity index (χ0) is 21.1. The Balaban J connectivity index is 2.65. The van der Waals surface area contributed by atoms with Crippen molar-refractivity contribution in [3.05, 3.63) is 0 Å². The Morgan fingerprint density at radius 3 is 2.50 bits per heavy atom. The van der Waals surface area contributed by atoms with Crippen molar-refractivity contribution in [2.75, 3.05) is 19.6 Å². The number of nitrogens with zero attached hydrogens (tertiary/aromatic N) is 1. The van der Waals surface area contributed by atoms with E-state index in [4.69, 9.17) is 16.6 Å². The number of hydrogen-bond acceptors (Lipinski definition) is 6. The molecule has 9 N–H and O–H groups in total. The average Bonchev–Trinajstić information content (AvgIpc) is 3.16. The summed E-state index contributed by atoms with van der Waals surface area (Å²) in [6.45, 7) is 1.90. The lowest BCUT2D eigenvalue weighted by atomic mass is 10.1. The molecule has 3 unspecified atom stereocenters. The highest BCUT2D eigenvalue weighted by molar-refractivity contribution is 5.93. The molecule has 1 aliphatic rings. The molecule has 0 aromatic heterocycles. The Morgan fingerprint density at radius 1 is 1.21 bits per heavy atom. The Hall–Kier alpha value is -2.89. The zero-order valence-corrected chi connectivity index (χ0v) is 15.9. The third-order valence-corrected chi connectivity index (χ3v) is 4.12. The van der Waals surface area contributed by atoms with Crippen LogP contribution in [0.25, 0.3) is 0 Å². The Morgan fingerprint density at radius 2 is 1.93 bits per heavy atom. The molecule has 0 aromatic carbocycles. The first-order chi connectivity index (χ1) is 13.2. The quantitative estimate of drug-likeness (QED) is 0.108. The van der Waals surface area contributed by atoms with E-state index < -0.39 is 36.4 Å². The van der Waals surface area contributed by atoms with Gasteiger partial charge in [0.2, 0.25) is 17.7 Å². The van der Waals surface area contributed by atoms with Crippen molar-refractivity contribution in [1.82, 2.24) is 21.3 Å². The normalized spacial score (nSPS) is 17.8. The van der Waals surface area contributed by atoms with Gasteiger partial charge in [0.15, 0.2) is 5.96 Å². The van der Waals surface area contributed by atoms with Gasteiger partial charge in [-0.25, -0.2) is 0 Å². The molecule has 1 heterocycles. The Kier molecular flexibility index (Phi) is 9.71. The highest BCUT2D eigenvalue weighted by Gasteiger charge is 2.28. The molecule has 0 spiro atoms. The summed E-state index contributed by atoms with van der Waals surface area (Å²) in [7, 11) is 0. The van der Waals surface area contributed by atoms with Crippen LogP contribution in [0.15, 0.2) is 4.99 Å². The van der Waals surface area contributed by atoms with Crippen molar-refractivity contribution in [3.63, 3.8) is 0 Å². The number of amides is 3. The number of carboxylic acid groups (broad SMARTS) is 1. The first kappa shape index (κ1) is 23.1. The molecule has 3 amide bonds. The van der Waals surface area contributed by atoms with E-state index in [0.717, 1.165) is 13.0 Å². The number of carboxylic acids is 1. The fraction of sp³-hybridized carbons (Fsp3) is 0.688. The number of rotatable bonds is 11. The van der Waals surface area contributed by atoms with Gasteiger partial charge in [0.25, 0.3) is 0 Å². The topological polar surface area (TPSA) is 201 Å². The molecule has 0 aliphatic carbocycles. The van der Waals surface area contributed by atoms with Crippen LogP contribution < -0.4 is 32.7 Å². The van der Waals surface area contributed by atoms with Crippen LogP contribution in [0, 0.1) is 0 Å². The minimum atomic E-state index is -1.19. The highest BCUT2D eigenvalue weighted by Crippen LogP contribution is 2.07. The van der Waals surface area contributed by atoms with E-state index in [0.29, 0.717) is 12.8 Å². The molecular weight excluding hydrogens is 370 g/mol. The second-order valence-electron chi connectivity index (χ2n) is 6.50. The van der Waals surface area contributed by atoms with Crippen LogP contribution in [0.4, 0.5) is 0 Å². The fourth-order valence-corrected chi connectivity index (χ4v) is 2.65. The molecule has 1 saturated heterocycles. The number of guanidine groups is 1. The molecule has 3 atom stereocenters.